The van der Waals surface area contributed by atoms with Gasteiger partial charge in [0.1, 0.15) is 18.4 Å². The number of carboxylic acid groups (broad SMARTS) is 1. The highest BCUT2D eigenvalue weighted by Crippen LogP contribution is 2.33. The van der Waals surface area contributed by atoms with E-state index in [2.05, 4.69) is 4.98 Å². The summed E-state index contributed by atoms with van der Waals surface area (Å²) in [6, 6.07) is 15.5. The molecule has 2 heterocycles. The molecule has 1 aromatic heterocycles. The normalized spacial score (nSPS) is 16.4. The summed E-state index contributed by atoms with van der Waals surface area (Å²) in [7, 11) is 0. The minimum atomic E-state index is -1.38. The quantitative estimate of drug-likeness (QED) is 0.315. The molecule has 1 aliphatic rings. The van der Waals surface area contributed by atoms with Crippen molar-refractivity contribution in [2.45, 2.75) is 52.3 Å². The number of para-hydroxylation sites is 1. The van der Waals surface area contributed by atoms with Gasteiger partial charge in [0, 0.05) is 34.4 Å². The third-order valence-electron chi connectivity index (χ3n) is 6.69. The zero-order chi connectivity index (χ0) is 27.6. The molecule has 0 radical (unpaired) electrons. The number of fused-ring (bicyclic) bond motifs is 1. The highest BCUT2D eigenvalue weighted by Gasteiger charge is 2.48. The first-order valence-corrected chi connectivity index (χ1v) is 12.4. The third kappa shape index (κ3) is 5.40. The fraction of sp³-hybridized carbons (Fsp3) is 0.357. The lowest BCUT2D eigenvalue weighted by molar-refractivity contribution is -0.141. The van der Waals surface area contributed by atoms with Crippen molar-refractivity contribution in [1.29, 1.82) is 0 Å². The molecule has 0 bridgehead atoms. The van der Waals surface area contributed by atoms with Crippen molar-refractivity contribution >= 4 is 34.5 Å². The van der Waals surface area contributed by atoms with Crippen LogP contribution in [0.4, 0.5) is 10.5 Å². The van der Waals surface area contributed by atoms with E-state index in [0.717, 1.165) is 27.1 Å². The number of hydrogen-bond acceptors (Lipinski definition) is 6. The summed E-state index contributed by atoms with van der Waals surface area (Å²) < 4.78 is 6.02. The Hall–Kier alpha value is -4.18. The molecule has 0 aliphatic carbocycles. The molecule has 200 valence electrons. The molecule has 2 atom stereocenters. The third-order valence-corrected chi connectivity index (χ3v) is 6.69. The molecule has 4 rings (SSSR count). The van der Waals surface area contributed by atoms with Crippen molar-refractivity contribution in [2.75, 3.05) is 11.4 Å². The zero-order valence-electron chi connectivity index (χ0n) is 21.8. The van der Waals surface area contributed by atoms with E-state index < -0.39 is 29.5 Å². The number of aromatic nitrogens is 1. The van der Waals surface area contributed by atoms with Gasteiger partial charge in [0.25, 0.3) is 5.91 Å². The Bertz CT molecular complexity index is 1350. The summed E-state index contributed by atoms with van der Waals surface area (Å²) >= 11 is 0. The highest BCUT2D eigenvalue weighted by atomic mass is 16.5. The lowest BCUT2D eigenvalue weighted by Gasteiger charge is -2.40. The first kappa shape index (κ1) is 26.9. The highest BCUT2D eigenvalue weighted by molar-refractivity contribution is 6.01. The molecule has 2 aromatic carbocycles. The van der Waals surface area contributed by atoms with Crippen molar-refractivity contribution < 1.29 is 29.4 Å². The molecule has 0 spiro atoms. The van der Waals surface area contributed by atoms with E-state index >= 15 is 0 Å². The predicted octanol–water partition coefficient (Wildman–Crippen LogP) is 4.13. The summed E-state index contributed by atoms with van der Waals surface area (Å²) in [4.78, 5) is 45.0. The monoisotopic (exact) mass is 520 g/mol. The van der Waals surface area contributed by atoms with Gasteiger partial charge in [-0.05, 0) is 70.5 Å². The van der Waals surface area contributed by atoms with E-state index in [1.54, 1.807) is 45.0 Å². The SMILES string of the molecule is Cc1cc(COc2ccc(N3CC[C@H]([C@@H](C(=O)NO)N(C(=O)O)C(C)(C)C)C3=O)cc2)c2ccccc2n1. The fourth-order valence-corrected chi connectivity index (χ4v) is 5.02. The van der Waals surface area contributed by atoms with Crippen LogP contribution in [0, 0.1) is 12.8 Å². The first-order chi connectivity index (χ1) is 18.0. The standard InChI is InChI=1S/C28H32N4O6/c1-17-15-18(21-7-5-6-8-23(21)29-17)16-38-20-11-9-19(10-12-20)31-14-13-22(26(31)34)24(25(33)30-37)32(27(35)36)28(2,3)4/h5-12,15,22,24,37H,13-14,16H2,1-4H3,(H,30,33)(H,35,36)/t22-,24+/m1/s1. The molecule has 3 N–H and O–H groups in total. The van der Waals surface area contributed by atoms with E-state index in [4.69, 9.17) is 4.74 Å². The topological polar surface area (TPSA) is 132 Å². The van der Waals surface area contributed by atoms with Crippen LogP contribution >= 0.6 is 0 Å². The number of nitrogens with zero attached hydrogens (tertiary/aromatic N) is 3. The molecule has 10 nitrogen and oxygen atoms in total. The van der Waals surface area contributed by atoms with Gasteiger partial charge in [0.2, 0.25) is 5.91 Å². The molecule has 3 amide bonds. The van der Waals surface area contributed by atoms with E-state index in [9.17, 15) is 24.7 Å². The van der Waals surface area contributed by atoms with Gasteiger partial charge in [-0.15, -0.1) is 0 Å². The Morgan fingerprint density at radius 3 is 2.50 bits per heavy atom. The van der Waals surface area contributed by atoms with Gasteiger partial charge in [-0.25, -0.2) is 10.3 Å². The van der Waals surface area contributed by atoms with Crippen molar-refractivity contribution in [3.63, 3.8) is 0 Å². The average molecular weight is 521 g/mol. The minimum absolute atomic E-state index is 0.253. The van der Waals surface area contributed by atoms with Gasteiger partial charge in [-0.1, -0.05) is 18.2 Å². The van der Waals surface area contributed by atoms with E-state index in [-0.39, 0.29) is 12.3 Å². The van der Waals surface area contributed by atoms with Crippen LogP contribution in [-0.4, -0.2) is 56.2 Å². The van der Waals surface area contributed by atoms with Crippen LogP contribution in [0.2, 0.25) is 0 Å². The van der Waals surface area contributed by atoms with E-state index in [0.29, 0.717) is 24.6 Å². The number of anilines is 1. The van der Waals surface area contributed by atoms with Crippen LogP contribution in [0.1, 0.15) is 38.4 Å². The van der Waals surface area contributed by atoms with Crippen molar-refractivity contribution in [3.8, 4) is 5.75 Å². The lowest BCUT2D eigenvalue weighted by atomic mass is 9.92. The average Bonchev–Trinajstić information content (AvgIpc) is 3.25. The van der Waals surface area contributed by atoms with Gasteiger partial charge >= 0.3 is 6.09 Å². The number of hydroxylamine groups is 1. The van der Waals surface area contributed by atoms with Crippen LogP contribution in [0.15, 0.2) is 54.6 Å². The molecule has 3 aromatic rings. The second kappa shape index (κ2) is 10.7. The van der Waals surface area contributed by atoms with Crippen LogP contribution in [0.3, 0.4) is 0 Å². The van der Waals surface area contributed by atoms with Crippen LogP contribution < -0.4 is 15.1 Å². The van der Waals surface area contributed by atoms with Crippen LogP contribution in [0.5, 0.6) is 5.75 Å². The molecule has 38 heavy (non-hydrogen) atoms. The van der Waals surface area contributed by atoms with Gasteiger partial charge in [0.05, 0.1) is 11.4 Å². The lowest BCUT2D eigenvalue weighted by Crippen LogP contribution is -2.60. The van der Waals surface area contributed by atoms with Gasteiger partial charge < -0.3 is 14.7 Å². The fourth-order valence-electron chi connectivity index (χ4n) is 5.02. The Morgan fingerprint density at radius 1 is 1.18 bits per heavy atom. The summed E-state index contributed by atoms with van der Waals surface area (Å²) in [6.07, 6.45) is -1.10. The Labute approximate surface area is 220 Å². The predicted molar refractivity (Wildman–Crippen MR) is 141 cm³/mol. The summed E-state index contributed by atoms with van der Waals surface area (Å²) in [5.41, 5.74) is 4.00. The number of carbonyl (C=O) groups is 3. The molecule has 1 fully saturated rings. The molecule has 10 heteroatoms. The number of aryl methyl sites for hydroxylation is 1. The number of amides is 3. The second-order valence-corrected chi connectivity index (χ2v) is 10.4. The number of ether oxygens (including phenoxy) is 1. The largest absolute Gasteiger partial charge is 0.489 e. The number of nitrogens with one attached hydrogen (secondary N) is 1. The second-order valence-electron chi connectivity index (χ2n) is 10.4. The smallest absolute Gasteiger partial charge is 0.408 e. The Balaban J connectivity index is 1.50. The van der Waals surface area contributed by atoms with Gasteiger partial charge in [-0.2, -0.15) is 0 Å². The molecular weight excluding hydrogens is 488 g/mol. The number of benzene rings is 2. The maximum Gasteiger partial charge on any atom is 0.408 e. The summed E-state index contributed by atoms with van der Waals surface area (Å²) in [5.74, 6) is -1.65. The maximum atomic E-state index is 13.4. The maximum absolute atomic E-state index is 13.4. The van der Waals surface area contributed by atoms with E-state index in [1.165, 1.54) is 10.4 Å². The first-order valence-electron chi connectivity index (χ1n) is 12.4. The zero-order valence-corrected chi connectivity index (χ0v) is 21.8. The number of carbonyl (C=O) groups excluding carboxylic acids is 2. The molecule has 1 aliphatic heterocycles. The number of rotatable bonds is 7. The number of pyridine rings is 1. The van der Waals surface area contributed by atoms with Gasteiger partial charge in [-0.3, -0.25) is 24.7 Å². The Morgan fingerprint density at radius 2 is 1.87 bits per heavy atom. The Kier molecular flexibility index (Phi) is 7.54. The van der Waals surface area contributed by atoms with Gasteiger partial charge in [0.15, 0.2) is 0 Å². The van der Waals surface area contributed by atoms with Crippen LogP contribution in [0.25, 0.3) is 10.9 Å². The summed E-state index contributed by atoms with van der Waals surface area (Å²) in [5, 5.41) is 20.1. The van der Waals surface area contributed by atoms with Crippen molar-refractivity contribution in [2.24, 2.45) is 5.92 Å². The van der Waals surface area contributed by atoms with E-state index in [1.807, 2.05) is 37.3 Å². The van der Waals surface area contributed by atoms with Crippen LogP contribution in [-0.2, 0) is 16.2 Å². The van der Waals surface area contributed by atoms with Crippen molar-refractivity contribution in [3.05, 3.63) is 65.9 Å². The molecule has 0 unspecified atom stereocenters. The minimum Gasteiger partial charge on any atom is -0.489 e. The van der Waals surface area contributed by atoms with Crippen molar-refractivity contribution in [1.82, 2.24) is 15.4 Å². The molecule has 1 saturated heterocycles. The molecule has 0 saturated carbocycles. The number of hydrogen-bond donors (Lipinski definition) is 3. The summed E-state index contributed by atoms with van der Waals surface area (Å²) in [6.45, 7) is 7.49. The molecular formula is C28H32N4O6.